The van der Waals surface area contributed by atoms with Crippen molar-refractivity contribution in [3.8, 4) is 6.07 Å². The Hall–Kier alpha value is -1.04. The van der Waals surface area contributed by atoms with Crippen LogP contribution in [0.1, 0.15) is 19.8 Å². The smallest absolute Gasteiger partial charge is 0.224 e. The number of hydrogen-bond acceptors (Lipinski definition) is 2. The van der Waals surface area contributed by atoms with E-state index in [1.54, 1.807) is 4.90 Å². The molecule has 0 aromatic rings. The van der Waals surface area contributed by atoms with Crippen molar-refractivity contribution < 1.29 is 4.79 Å². The molecule has 1 atom stereocenters. The molecule has 1 fully saturated rings. The molecular weight excluding hydrogens is 140 g/mol. The number of carbonyl (C=O) groups is 1. The van der Waals surface area contributed by atoms with Gasteiger partial charge in [-0.2, -0.15) is 5.26 Å². The Morgan fingerprint density at radius 1 is 1.82 bits per heavy atom. The van der Waals surface area contributed by atoms with Crippen LogP contribution < -0.4 is 0 Å². The third-order valence-electron chi connectivity index (χ3n) is 1.89. The Labute approximate surface area is 66.6 Å². The zero-order valence-electron chi connectivity index (χ0n) is 6.71. The third-order valence-corrected chi connectivity index (χ3v) is 1.89. The predicted molar refractivity (Wildman–Crippen MR) is 40.6 cm³/mol. The number of nitriles is 1. The highest BCUT2D eigenvalue weighted by Gasteiger charge is 2.28. The second-order valence-electron chi connectivity index (χ2n) is 2.87. The zero-order chi connectivity index (χ0) is 8.27. The molecule has 0 N–H and O–H groups in total. The summed E-state index contributed by atoms with van der Waals surface area (Å²) in [6.07, 6.45) is 1.40. The maximum Gasteiger partial charge on any atom is 0.224 e. The van der Waals surface area contributed by atoms with E-state index in [9.17, 15) is 4.79 Å². The van der Waals surface area contributed by atoms with Crippen molar-refractivity contribution >= 4 is 5.91 Å². The standard InChI is InChI=1S/C8H12N2O/c1-2-3-10-6-7(5-9)4-8(10)11/h7H,2-4,6H2,1H3/t7-/m0/s1. The Morgan fingerprint density at radius 3 is 3.00 bits per heavy atom. The molecule has 3 heteroatoms. The van der Waals surface area contributed by atoms with E-state index in [1.807, 2.05) is 6.92 Å². The average Bonchev–Trinajstić information content (AvgIpc) is 2.33. The molecular formula is C8H12N2O. The van der Waals surface area contributed by atoms with Crippen LogP contribution in [0.15, 0.2) is 0 Å². The maximum atomic E-state index is 11.1. The van der Waals surface area contributed by atoms with Gasteiger partial charge in [-0.3, -0.25) is 4.79 Å². The number of nitrogens with zero attached hydrogens (tertiary/aromatic N) is 2. The van der Waals surface area contributed by atoms with Gasteiger partial charge >= 0.3 is 0 Å². The van der Waals surface area contributed by atoms with Crippen molar-refractivity contribution in [2.45, 2.75) is 19.8 Å². The van der Waals surface area contributed by atoms with Gasteiger partial charge in [-0.15, -0.1) is 0 Å². The molecule has 1 heterocycles. The fourth-order valence-corrected chi connectivity index (χ4v) is 1.34. The first kappa shape index (κ1) is 8.06. The number of carbonyl (C=O) groups excluding carboxylic acids is 1. The van der Waals surface area contributed by atoms with E-state index in [2.05, 4.69) is 6.07 Å². The van der Waals surface area contributed by atoms with E-state index < -0.39 is 0 Å². The fraction of sp³-hybridized carbons (Fsp3) is 0.750. The quantitative estimate of drug-likeness (QED) is 0.586. The van der Waals surface area contributed by atoms with E-state index in [0.29, 0.717) is 13.0 Å². The summed E-state index contributed by atoms with van der Waals surface area (Å²) in [6.45, 7) is 3.48. The van der Waals surface area contributed by atoms with Crippen molar-refractivity contribution in [1.29, 1.82) is 5.26 Å². The lowest BCUT2D eigenvalue weighted by atomic mass is 10.1. The van der Waals surface area contributed by atoms with Gasteiger partial charge in [-0.25, -0.2) is 0 Å². The Kier molecular flexibility index (Phi) is 2.48. The van der Waals surface area contributed by atoms with Crippen LogP contribution in [0.3, 0.4) is 0 Å². The van der Waals surface area contributed by atoms with Crippen LogP contribution in [-0.2, 0) is 4.79 Å². The molecule has 0 spiro atoms. The van der Waals surface area contributed by atoms with Crippen LogP contribution in [0.25, 0.3) is 0 Å². The first-order valence-corrected chi connectivity index (χ1v) is 3.95. The molecule has 1 saturated heterocycles. The van der Waals surface area contributed by atoms with Crippen molar-refractivity contribution in [3.05, 3.63) is 0 Å². The van der Waals surface area contributed by atoms with Gasteiger partial charge in [0.2, 0.25) is 5.91 Å². The van der Waals surface area contributed by atoms with E-state index in [4.69, 9.17) is 5.26 Å². The van der Waals surface area contributed by atoms with Gasteiger partial charge < -0.3 is 4.90 Å². The normalized spacial score (nSPS) is 23.8. The highest BCUT2D eigenvalue weighted by molar-refractivity contribution is 5.79. The van der Waals surface area contributed by atoms with Gasteiger partial charge in [0.15, 0.2) is 0 Å². The monoisotopic (exact) mass is 152 g/mol. The minimum Gasteiger partial charge on any atom is -0.341 e. The van der Waals surface area contributed by atoms with Gasteiger partial charge in [-0.1, -0.05) is 6.92 Å². The van der Waals surface area contributed by atoms with Crippen LogP contribution in [0.2, 0.25) is 0 Å². The molecule has 0 bridgehead atoms. The Balaban J connectivity index is 2.46. The highest BCUT2D eigenvalue weighted by Crippen LogP contribution is 2.16. The summed E-state index contributed by atoms with van der Waals surface area (Å²) in [4.78, 5) is 12.9. The van der Waals surface area contributed by atoms with E-state index in [1.165, 1.54) is 0 Å². The molecule has 0 aromatic carbocycles. The minimum absolute atomic E-state index is 0.0611. The summed E-state index contributed by atoms with van der Waals surface area (Å²) in [5, 5.41) is 8.54. The molecule has 0 aromatic heterocycles. The van der Waals surface area contributed by atoms with Gasteiger partial charge in [-0.05, 0) is 6.42 Å². The van der Waals surface area contributed by atoms with Crippen molar-refractivity contribution in [1.82, 2.24) is 4.90 Å². The Bertz CT molecular complexity index is 195. The summed E-state index contributed by atoms with van der Waals surface area (Å²) in [5.74, 6) is 0.0763. The zero-order valence-corrected chi connectivity index (χ0v) is 6.71. The molecule has 1 rings (SSSR count). The molecule has 0 saturated carbocycles. The second-order valence-corrected chi connectivity index (χ2v) is 2.87. The van der Waals surface area contributed by atoms with E-state index in [0.717, 1.165) is 13.0 Å². The minimum atomic E-state index is -0.0611. The fourth-order valence-electron chi connectivity index (χ4n) is 1.34. The van der Waals surface area contributed by atoms with Crippen LogP contribution in [-0.4, -0.2) is 23.9 Å². The molecule has 60 valence electrons. The molecule has 0 aliphatic carbocycles. The Morgan fingerprint density at radius 2 is 2.55 bits per heavy atom. The van der Waals surface area contributed by atoms with Crippen molar-refractivity contribution in [3.63, 3.8) is 0 Å². The van der Waals surface area contributed by atoms with Gasteiger partial charge in [0, 0.05) is 19.5 Å². The summed E-state index contributed by atoms with van der Waals surface area (Å²) in [6, 6.07) is 2.12. The predicted octanol–water partition coefficient (Wildman–Crippen LogP) is 0.768. The molecule has 1 amide bonds. The van der Waals surface area contributed by atoms with Crippen LogP contribution >= 0.6 is 0 Å². The topological polar surface area (TPSA) is 44.1 Å². The van der Waals surface area contributed by atoms with E-state index in [-0.39, 0.29) is 11.8 Å². The van der Waals surface area contributed by atoms with Gasteiger partial charge in [0.05, 0.1) is 12.0 Å². The first-order chi connectivity index (χ1) is 5.27. The third kappa shape index (κ3) is 1.70. The van der Waals surface area contributed by atoms with Crippen LogP contribution in [0.4, 0.5) is 0 Å². The molecule has 1 aliphatic rings. The lowest BCUT2D eigenvalue weighted by molar-refractivity contribution is -0.127. The summed E-state index contributed by atoms with van der Waals surface area (Å²) in [7, 11) is 0. The maximum absolute atomic E-state index is 11.1. The number of likely N-dealkylation sites (tertiary alicyclic amines) is 1. The van der Waals surface area contributed by atoms with E-state index >= 15 is 0 Å². The molecule has 11 heavy (non-hydrogen) atoms. The lowest BCUT2D eigenvalue weighted by Crippen LogP contribution is -2.25. The first-order valence-electron chi connectivity index (χ1n) is 3.95. The SMILES string of the molecule is CCCN1C[C@H](C#N)CC1=O. The second kappa shape index (κ2) is 3.38. The van der Waals surface area contributed by atoms with Gasteiger partial charge in [0.1, 0.15) is 0 Å². The average molecular weight is 152 g/mol. The van der Waals surface area contributed by atoms with Gasteiger partial charge in [0.25, 0.3) is 0 Å². The molecule has 3 nitrogen and oxygen atoms in total. The van der Waals surface area contributed by atoms with Crippen LogP contribution in [0, 0.1) is 17.2 Å². The van der Waals surface area contributed by atoms with Crippen molar-refractivity contribution in [2.24, 2.45) is 5.92 Å². The van der Waals surface area contributed by atoms with Crippen LogP contribution in [0.5, 0.6) is 0 Å². The summed E-state index contributed by atoms with van der Waals surface area (Å²) >= 11 is 0. The lowest BCUT2D eigenvalue weighted by Gasteiger charge is -2.13. The summed E-state index contributed by atoms with van der Waals surface area (Å²) in [5.41, 5.74) is 0. The molecule has 1 aliphatic heterocycles. The van der Waals surface area contributed by atoms with Crippen molar-refractivity contribution in [2.75, 3.05) is 13.1 Å². The number of rotatable bonds is 2. The molecule has 0 unspecified atom stereocenters. The largest absolute Gasteiger partial charge is 0.341 e. The highest BCUT2D eigenvalue weighted by atomic mass is 16.2. The number of amides is 1. The number of hydrogen-bond donors (Lipinski definition) is 0. The molecule has 0 radical (unpaired) electrons. The summed E-state index contributed by atoms with van der Waals surface area (Å²) < 4.78 is 0.